The largest absolute Gasteiger partial charge is 0.507 e. The standard InChI is InChI=1S/C21H21ClN4O3/c1-14(25-21(28)29-13-15-5-3-2-4-6-15)12-24-19-9-10-23-20(26-19)17-11-16(22)7-8-18(17)27/h2-11,14,27H,12-13H2,1H3,(H,25,28)(H,23,24,26). The zero-order valence-corrected chi connectivity index (χ0v) is 16.6. The van der Waals surface area contributed by atoms with Gasteiger partial charge in [-0.05, 0) is 36.8 Å². The predicted molar refractivity (Wildman–Crippen MR) is 112 cm³/mol. The lowest BCUT2D eigenvalue weighted by Gasteiger charge is -2.15. The van der Waals surface area contributed by atoms with E-state index in [9.17, 15) is 9.90 Å². The van der Waals surface area contributed by atoms with Gasteiger partial charge in [-0.2, -0.15) is 0 Å². The van der Waals surface area contributed by atoms with Gasteiger partial charge in [-0.15, -0.1) is 0 Å². The van der Waals surface area contributed by atoms with Crippen molar-refractivity contribution in [2.45, 2.75) is 19.6 Å². The summed E-state index contributed by atoms with van der Waals surface area (Å²) < 4.78 is 5.21. The number of hydrogen-bond acceptors (Lipinski definition) is 6. The van der Waals surface area contributed by atoms with Crippen LogP contribution in [0.4, 0.5) is 10.6 Å². The van der Waals surface area contributed by atoms with Crippen molar-refractivity contribution in [3.8, 4) is 17.1 Å². The van der Waals surface area contributed by atoms with E-state index in [1.165, 1.54) is 6.07 Å². The molecule has 1 unspecified atom stereocenters. The second-order valence-electron chi connectivity index (χ2n) is 6.41. The highest BCUT2D eigenvalue weighted by atomic mass is 35.5. The number of carbonyl (C=O) groups is 1. The van der Waals surface area contributed by atoms with Crippen LogP contribution in [0.25, 0.3) is 11.4 Å². The highest BCUT2D eigenvalue weighted by molar-refractivity contribution is 6.30. The number of nitrogens with one attached hydrogen (secondary N) is 2. The van der Waals surface area contributed by atoms with E-state index in [4.69, 9.17) is 16.3 Å². The van der Waals surface area contributed by atoms with Crippen molar-refractivity contribution in [3.05, 3.63) is 71.4 Å². The minimum Gasteiger partial charge on any atom is -0.507 e. The molecule has 150 valence electrons. The Morgan fingerprint density at radius 1 is 1.21 bits per heavy atom. The molecule has 3 aromatic rings. The van der Waals surface area contributed by atoms with Crippen LogP contribution >= 0.6 is 11.6 Å². The minimum absolute atomic E-state index is 0.0442. The Kier molecular flexibility index (Phi) is 6.86. The van der Waals surface area contributed by atoms with Crippen LogP contribution in [-0.4, -0.2) is 33.8 Å². The Labute approximate surface area is 173 Å². The maximum absolute atomic E-state index is 11.9. The van der Waals surface area contributed by atoms with Crippen LogP contribution in [0.1, 0.15) is 12.5 Å². The molecular weight excluding hydrogens is 392 g/mol. The van der Waals surface area contributed by atoms with E-state index >= 15 is 0 Å². The smallest absolute Gasteiger partial charge is 0.407 e. The third-order valence-electron chi connectivity index (χ3n) is 4.02. The van der Waals surface area contributed by atoms with Crippen molar-refractivity contribution in [3.63, 3.8) is 0 Å². The van der Waals surface area contributed by atoms with Gasteiger partial charge in [0.25, 0.3) is 0 Å². The van der Waals surface area contributed by atoms with Crippen LogP contribution in [0.3, 0.4) is 0 Å². The number of aromatic nitrogens is 2. The summed E-state index contributed by atoms with van der Waals surface area (Å²) in [6.45, 7) is 2.49. The van der Waals surface area contributed by atoms with E-state index in [0.717, 1.165) is 5.56 Å². The molecule has 3 N–H and O–H groups in total. The SMILES string of the molecule is CC(CNc1ccnc(-c2cc(Cl)ccc2O)n1)NC(=O)OCc1ccccc1. The summed E-state index contributed by atoms with van der Waals surface area (Å²) in [5.74, 6) is 0.946. The van der Waals surface area contributed by atoms with Gasteiger partial charge in [-0.25, -0.2) is 14.8 Å². The lowest BCUT2D eigenvalue weighted by molar-refractivity contribution is 0.137. The molecule has 0 aliphatic heterocycles. The number of alkyl carbamates (subject to hydrolysis) is 1. The van der Waals surface area contributed by atoms with Gasteiger partial charge in [0.2, 0.25) is 0 Å². The molecule has 0 spiro atoms. The molecule has 2 aromatic carbocycles. The number of amides is 1. The molecule has 0 radical (unpaired) electrons. The average molecular weight is 413 g/mol. The fourth-order valence-corrected chi connectivity index (χ4v) is 2.72. The van der Waals surface area contributed by atoms with Crippen LogP contribution < -0.4 is 10.6 Å². The van der Waals surface area contributed by atoms with Gasteiger partial charge >= 0.3 is 6.09 Å². The minimum atomic E-state index is -0.490. The number of aromatic hydroxyl groups is 1. The molecule has 1 aromatic heterocycles. The van der Waals surface area contributed by atoms with Crippen LogP contribution in [-0.2, 0) is 11.3 Å². The second-order valence-corrected chi connectivity index (χ2v) is 6.85. The summed E-state index contributed by atoms with van der Waals surface area (Å²) in [6, 6.07) is 15.7. The summed E-state index contributed by atoms with van der Waals surface area (Å²) in [7, 11) is 0. The summed E-state index contributed by atoms with van der Waals surface area (Å²) in [6.07, 6.45) is 1.09. The number of phenols is 1. The van der Waals surface area contributed by atoms with Gasteiger partial charge in [0.15, 0.2) is 5.82 Å². The van der Waals surface area contributed by atoms with Crippen molar-refractivity contribution in [2.24, 2.45) is 0 Å². The first-order valence-electron chi connectivity index (χ1n) is 9.04. The van der Waals surface area contributed by atoms with Gasteiger partial charge in [0.05, 0.1) is 5.56 Å². The van der Waals surface area contributed by atoms with Gasteiger partial charge < -0.3 is 20.5 Å². The first-order chi connectivity index (χ1) is 14.0. The number of ether oxygens (including phenoxy) is 1. The molecule has 8 heteroatoms. The van der Waals surface area contributed by atoms with Crippen molar-refractivity contribution in [1.29, 1.82) is 0 Å². The number of nitrogens with zero attached hydrogens (tertiary/aromatic N) is 2. The summed E-state index contributed by atoms with van der Waals surface area (Å²) in [4.78, 5) is 20.5. The summed E-state index contributed by atoms with van der Waals surface area (Å²) in [5, 5.41) is 16.4. The fraction of sp³-hybridized carbons (Fsp3) is 0.190. The zero-order valence-electron chi connectivity index (χ0n) is 15.8. The number of halogens is 1. The number of anilines is 1. The van der Waals surface area contributed by atoms with E-state index < -0.39 is 6.09 Å². The highest BCUT2D eigenvalue weighted by Crippen LogP contribution is 2.29. The highest BCUT2D eigenvalue weighted by Gasteiger charge is 2.11. The maximum atomic E-state index is 11.9. The van der Waals surface area contributed by atoms with Gasteiger partial charge in [-0.3, -0.25) is 0 Å². The predicted octanol–water partition coefficient (Wildman–Crippen LogP) is 4.23. The second kappa shape index (κ2) is 9.75. The maximum Gasteiger partial charge on any atom is 0.407 e. The third-order valence-corrected chi connectivity index (χ3v) is 4.26. The molecule has 3 rings (SSSR count). The van der Waals surface area contributed by atoms with E-state index in [0.29, 0.717) is 28.8 Å². The van der Waals surface area contributed by atoms with Gasteiger partial charge in [0, 0.05) is 23.8 Å². The van der Waals surface area contributed by atoms with Crippen molar-refractivity contribution >= 4 is 23.5 Å². The van der Waals surface area contributed by atoms with Crippen molar-refractivity contribution < 1.29 is 14.6 Å². The Morgan fingerprint density at radius 2 is 2.00 bits per heavy atom. The third kappa shape index (κ3) is 6.08. The lowest BCUT2D eigenvalue weighted by atomic mass is 10.2. The van der Waals surface area contributed by atoms with E-state index in [2.05, 4.69) is 20.6 Å². The molecule has 0 saturated carbocycles. The number of phenolic OH excluding ortho intramolecular Hbond substituents is 1. The quantitative estimate of drug-likeness (QED) is 0.537. The molecule has 1 amide bonds. The first-order valence-corrected chi connectivity index (χ1v) is 9.42. The Balaban J connectivity index is 1.52. The van der Waals surface area contributed by atoms with E-state index in [1.54, 1.807) is 24.4 Å². The van der Waals surface area contributed by atoms with E-state index in [1.807, 2.05) is 37.3 Å². The number of benzene rings is 2. The molecular formula is C21H21ClN4O3. The molecule has 1 heterocycles. The zero-order chi connectivity index (χ0) is 20.6. The Hall–Kier alpha value is -3.32. The number of hydrogen-bond donors (Lipinski definition) is 3. The number of rotatable bonds is 7. The summed E-state index contributed by atoms with van der Waals surface area (Å²) >= 11 is 5.99. The molecule has 0 fully saturated rings. The molecule has 0 aliphatic carbocycles. The van der Waals surface area contributed by atoms with E-state index in [-0.39, 0.29) is 18.4 Å². The van der Waals surface area contributed by atoms with Gasteiger partial charge in [0.1, 0.15) is 18.2 Å². The topological polar surface area (TPSA) is 96.4 Å². The van der Waals surface area contributed by atoms with Crippen molar-refractivity contribution in [1.82, 2.24) is 15.3 Å². The fourth-order valence-electron chi connectivity index (χ4n) is 2.55. The average Bonchev–Trinajstić information content (AvgIpc) is 2.73. The molecule has 0 saturated heterocycles. The lowest BCUT2D eigenvalue weighted by Crippen LogP contribution is -2.37. The van der Waals surface area contributed by atoms with Crippen LogP contribution in [0.2, 0.25) is 5.02 Å². The molecule has 7 nitrogen and oxygen atoms in total. The Morgan fingerprint density at radius 3 is 2.79 bits per heavy atom. The molecule has 1 atom stereocenters. The van der Waals surface area contributed by atoms with Gasteiger partial charge in [-0.1, -0.05) is 41.9 Å². The van der Waals surface area contributed by atoms with Crippen LogP contribution in [0, 0.1) is 0 Å². The summed E-state index contributed by atoms with van der Waals surface area (Å²) in [5.41, 5.74) is 1.36. The molecule has 0 aliphatic rings. The monoisotopic (exact) mass is 412 g/mol. The molecule has 29 heavy (non-hydrogen) atoms. The Bertz CT molecular complexity index is 969. The normalized spacial score (nSPS) is 11.5. The van der Waals surface area contributed by atoms with Crippen LogP contribution in [0.5, 0.6) is 5.75 Å². The first kappa shape index (κ1) is 20.4. The van der Waals surface area contributed by atoms with Crippen LogP contribution in [0.15, 0.2) is 60.8 Å². The van der Waals surface area contributed by atoms with Crippen molar-refractivity contribution in [2.75, 3.05) is 11.9 Å². The molecule has 0 bridgehead atoms. The number of carbonyl (C=O) groups excluding carboxylic acids is 1.